The molecule has 110 valence electrons. The summed E-state index contributed by atoms with van der Waals surface area (Å²) in [5, 5.41) is 0. The lowest BCUT2D eigenvalue weighted by atomic mass is 9.82. The Hall–Kier alpha value is -1.42. The molecule has 20 heavy (non-hydrogen) atoms. The molecule has 4 nitrogen and oxygen atoms in total. The van der Waals surface area contributed by atoms with Crippen LogP contribution in [0.5, 0.6) is 5.75 Å². The summed E-state index contributed by atoms with van der Waals surface area (Å²) < 4.78 is 5.18. The van der Waals surface area contributed by atoms with Crippen LogP contribution in [0.3, 0.4) is 0 Å². The Morgan fingerprint density at radius 3 is 2.40 bits per heavy atom. The minimum Gasteiger partial charge on any atom is -0.495 e. The maximum absolute atomic E-state index is 13.0. The molecule has 1 aromatic heterocycles. The van der Waals surface area contributed by atoms with E-state index in [1.807, 2.05) is 14.1 Å². The molecule has 2 rings (SSSR count). The lowest BCUT2D eigenvalue weighted by Gasteiger charge is -2.38. The van der Waals surface area contributed by atoms with E-state index < -0.39 is 0 Å². The van der Waals surface area contributed by atoms with Gasteiger partial charge in [0.15, 0.2) is 5.78 Å². The van der Waals surface area contributed by atoms with Crippen LogP contribution < -0.4 is 4.74 Å². The summed E-state index contributed by atoms with van der Waals surface area (Å²) in [6.45, 7) is 0. The number of pyridine rings is 1. The summed E-state index contributed by atoms with van der Waals surface area (Å²) in [6, 6.07) is 1.80. The van der Waals surface area contributed by atoms with Gasteiger partial charge in [-0.1, -0.05) is 25.7 Å². The summed E-state index contributed by atoms with van der Waals surface area (Å²) in [5.41, 5.74) is 0.268. The minimum atomic E-state index is -0.384. The first-order valence-corrected chi connectivity index (χ1v) is 7.31. The van der Waals surface area contributed by atoms with E-state index in [0.717, 1.165) is 25.7 Å². The lowest BCUT2D eigenvalue weighted by molar-refractivity contribution is 0.0634. The molecule has 0 aliphatic heterocycles. The topological polar surface area (TPSA) is 42.4 Å². The third kappa shape index (κ3) is 2.85. The van der Waals surface area contributed by atoms with Crippen LogP contribution in [0.1, 0.15) is 48.9 Å². The second kappa shape index (κ2) is 6.35. The first kappa shape index (κ1) is 15.0. The van der Waals surface area contributed by atoms with Crippen molar-refractivity contribution in [2.75, 3.05) is 21.2 Å². The fourth-order valence-corrected chi connectivity index (χ4v) is 3.11. The van der Waals surface area contributed by atoms with Crippen molar-refractivity contribution in [3.05, 3.63) is 24.0 Å². The number of carbonyl (C=O) groups excluding carboxylic acids is 1. The van der Waals surface area contributed by atoms with Crippen LogP contribution in [0, 0.1) is 0 Å². The van der Waals surface area contributed by atoms with Crippen molar-refractivity contribution in [1.29, 1.82) is 0 Å². The number of likely N-dealkylation sites (N-methyl/N-ethyl adjacent to an activating group) is 1. The van der Waals surface area contributed by atoms with Gasteiger partial charge in [0, 0.05) is 11.8 Å². The number of methoxy groups -OCH3 is 1. The smallest absolute Gasteiger partial charge is 0.184 e. The Balaban J connectivity index is 2.35. The summed E-state index contributed by atoms with van der Waals surface area (Å²) in [7, 11) is 5.62. The molecule has 1 fully saturated rings. The fourth-order valence-electron chi connectivity index (χ4n) is 3.11. The highest BCUT2D eigenvalue weighted by atomic mass is 16.5. The highest BCUT2D eigenvalue weighted by Gasteiger charge is 2.41. The predicted molar refractivity (Wildman–Crippen MR) is 79.2 cm³/mol. The van der Waals surface area contributed by atoms with Crippen molar-refractivity contribution >= 4 is 5.78 Å². The second-order valence-electron chi connectivity index (χ2n) is 5.78. The Morgan fingerprint density at radius 2 is 1.85 bits per heavy atom. The van der Waals surface area contributed by atoms with E-state index in [1.165, 1.54) is 12.8 Å². The number of aromatic nitrogens is 1. The van der Waals surface area contributed by atoms with Crippen LogP contribution in [0.2, 0.25) is 0 Å². The molecule has 1 aliphatic carbocycles. The number of hydrogen-bond donors (Lipinski definition) is 0. The van der Waals surface area contributed by atoms with Gasteiger partial charge in [-0.2, -0.15) is 0 Å². The molecule has 0 N–H and O–H groups in total. The van der Waals surface area contributed by atoms with Crippen molar-refractivity contribution in [3.8, 4) is 5.75 Å². The van der Waals surface area contributed by atoms with Crippen molar-refractivity contribution < 1.29 is 9.53 Å². The molecule has 1 aliphatic rings. The molecular formula is C16H24N2O2. The highest BCUT2D eigenvalue weighted by Crippen LogP contribution is 2.34. The lowest BCUT2D eigenvalue weighted by Crippen LogP contribution is -2.50. The van der Waals surface area contributed by atoms with Gasteiger partial charge in [-0.15, -0.1) is 0 Å². The van der Waals surface area contributed by atoms with Crippen LogP contribution in [0.15, 0.2) is 18.5 Å². The molecule has 1 heterocycles. The molecule has 0 spiro atoms. The van der Waals surface area contributed by atoms with Crippen molar-refractivity contribution in [2.45, 2.75) is 44.1 Å². The molecule has 0 amide bonds. The van der Waals surface area contributed by atoms with Crippen LogP contribution in [-0.2, 0) is 0 Å². The summed E-state index contributed by atoms with van der Waals surface area (Å²) in [6.07, 6.45) is 9.81. The highest BCUT2D eigenvalue weighted by molar-refractivity contribution is 6.03. The third-order valence-corrected chi connectivity index (χ3v) is 4.42. The molecule has 0 unspecified atom stereocenters. The number of nitrogens with zero attached hydrogens (tertiary/aromatic N) is 2. The van der Waals surface area contributed by atoms with Gasteiger partial charge in [-0.05, 0) is 33.0 Å². The molecule has 0 aromatic carbocycles. The molecular weight excluding hydrogens is 252 g/mol. The van der Waals surface area contributed by atoms with E-state index in [-0.39, 0.29) is 11.3 Å². The normalized spacial score (nSPS) is 18.6. The quantitative estimate of drug-likeness (QED) is 0.626. The number of carbonyl (C=O) groups is 1. The fraction of sp³-hybridized carbons (Fsp3) is 0.625. The van der Waals surface area contributed by atoms with E-state index in [1.54, 1.807) is 25.6 Å². The Morgan fingerprint density at radius 1 is 1.20 bits per heavy atom. The van der Waals surface area contributed by atoms with Gasteiger partial charge in [-0.25, -0.2) is 0 Å². The minimum absolute atomic E-state index is 0.177. The molecule has 0 radical (unpaired) electrons. The second-order valence-corrected chi connectivity index (χ2v) is 5.78. The summed E-state index contributed by atoms with van der Waals surface area (Å²) in [5.74, 6) is 0.814. The predicted octanol–water partition coefficient (Wildman–Crippen LogP) is 2.93. The van der Waals surface area contributed by atoms with Crippen molar-refractivity contribution in [3.63, 3.8) is 0 Å². The van der Waals surface area contributed by atoms with Crippen LogP contribution in [0.25, 0.3) is 0 Å². The van der Waals surface area contributed by atoms with E-state index >= 15 is 0 Å². The Labute approximate surface area is 121 Å². The van der Waals surface area contributed by atoms with E-state index in [0.29, 0.717) is 11.3 Å². The maximum Gasteiger partial charge on any atom is 0.184 e. The zero-order valence-corrected chi connectivity index (χ0v) is 12.7. The van der Waals surface area contributed by atoms with Gasteiger partial charge >= 0.3 is 0 Å². The standard InChI is InChI=1S/C16H24N2O2/c1-18(2)16(8-6-4-5-7-9-16)15(19)13-10-14(20-3)12-17-11-13/h10-12H,4-9H2,1-3H3. The molecule has 0 atom stereocenters. The largest absolute Gasteiger partial charge is 0.495 e. The van der Waals surface area contributed by atoms with Crippen LogP contribution >= 0.6 is 0 Å². The first-order valence-electron chi connectivity index (χ1n) is 7.31. The SMILES string of the molecule is COc1cncc(C(=O)C2(N(C)C)CCCCCC2)c1. The Kier molecular flexibility index (Phi) is 4.76. The molecule has 0 saturated heterocycles. The van der Waals surface area contributed by atoms with E-state index in [9.17, 15) is 4.79 Å². The summed E-state index contributed by atoms with van der Waals surface area (Å²) in [4.78, 5) is 19.3. The van der Waals surface area contributed by atoms with Crippen molar-refractivity contribution in [1.82, 2.24) is 9.88 Å². The number of Topliss-reactive ketones (excluding diaryl/α,β-unsaturated/α-hetero) is 1. The van der Waals surface area contributed by atoms with Gasteiger partial charge in [0.25, 0.3) is 0 Å². The van der Waals surface area contributed by atoms with Gasteiger partial charge in [0.1, 0.15) is 5.75 Å². The number of ketones is 1. The Bertz CT molecular complexity index is 463. The average molecular weight is 276 g/mol. The van der Waals surface area contributed by atoms with Crippen LogP contribution in [0.4, 0.5) is 0 Å². The molecule has 1 saturated carbocycles. The zero-order valence-electron chi connectivity index (χ0n) is 12.7. The van der Waals surface area contributed by atoms with Gasteiger partial charge < -0.3 is 4.74 Å². The monoisotopic (exact) mass is 276 g/mol. The number of rotatable bonds is 4. The van der Waals surface area contributed by atoms with Crippen LogP contribution in [-0.4, -0.2) is 42.4 Å². The third-order valence-electron chi connectivity index (χ3n) is 4.42. The number of ether oxygens (including phenoxy) is 1. The van der Waals surface area contributed by atoms with E-state index in [4.69, 9.17) is 4.74 Å². The maximum atomic E-state index is 13.0. The van der Waals surface area contributed by atoms with Gasteiger partial charge in [0.2, 0.25) is 0 Å². The molecule has 4 heteroatoms. The molecule has 1 aromatic rings. The van der Waals surface area contributed by atoms with Gasteiger partial charge in [0.05, 0.1) is 18.8 Å². The average Bonchev–Trinajstić information content (AvgIpc) is 2.73. The molecule has 0 bridgehead atoms. The van der Waals surface area contributed by atoms with Crippen molar-refractivity contribution in [2.24, 2.45) is 0 Å². The van der Waals surface area contributed by atoms with Gasteiger partial charge in [-0.3, -0.25) is 14.7 Å². The van der Waals surface area contributed by atoms with E-state index in [2.05, 4.69) is 9.88 Å². The number of hydrogen-bond acceptors (Lipinski definition) is 4. The zero-order chi connectivity index (χ0) is 14.6. The summed E-state index contributed by atoms with van der Waals surface area (Å²) >= 11 is 0. The first-order chi connectivity index (χ1) is 9.60.